The standard InChI is InChI=1S/C10H12N2.C7H6O3.C6H12/c1-7-6-12(2)10-4-3-8(11)5-9(7)10;8-4-5-6(9)2-1-3-7(5)10;1-6-4-2-3-5-6/h3-6H,11H2,1-2H3;1-4,9-10H;6H,2-5H2,1H3. The number of rotatable bonds is 1. The van der Waals surface area contributed by atoms with Crippen LogP contribution in [0.3, 0.4) is 0 Å². The number of benzene rings is 2. The Morgan fingerprint density at radius 1 is 1.11 bits per heavy atom. The van der Waals surface area contributed by atoms with E-state index in [1.807, 2.05) is 19.2 Å². The van der Waals surface area contributed by atoms with E-state index in [0.29, 0.717) is 6.29 Å². The SMILES string of the molecule is CC1CCCC1.Cc1cn(C)c2ccc(N)cc12.O=Cc1c(O)cccc1O. The third-order valence-electron chi connectivity index (χ3n) is 5.03. The van der Waals surface area contributed by atoms with Gasteiger partial charge in [0.15, 0.2) is 6.29 Å². The minimum absolute atomic E-state index is 0.0671. The molecule has 5 nitrogen and oxygen atoms in total. The van der Waals surface area contributed by atoms with Gasteiger partial charge in [0, 0.05) is 29.8 Å². The Morgan fingerprint density at radius 3 is 2.18 bits per heavy atom. The van der Waals surface area contributed by atoms with Gasteiger partial charge in [0.2, 0.25) is 0 Å². The number of hydrogen-bond donors (Lipinski definition) is 3. The van der Waals surface area contributed by atoms with Crippen molar-refractivity contribution in [1.82, 2.24) is 4.57 Å². The molecule has 1 heterocycles. The van der Waals surface area contributed by atoms with Crippen LogP contribution in [-0.2, 0) is 7.05 Å². The van der Waals surface area contributed by atoms with Crippen molar-refractivity contribution < 1.29 is 15.0 Å². The Hall–Kier alpha value is -2.95. The van der Waals surface area contributed by atoms with Gasteiger partial charge in [-0.3, -0.25) is 4.79 Å². The van der Waals surface area contributed by atoms with Gasteiger partial charge in [0.05, 0.1) is 5.56 Å². The number of anilines is 1. The molecule has 0 radical (unpaired) electrons. The lowest BCUT2D eigenvalue weighted by Crippen LogP contribution is -1.85. The van der Waals surface area contributed by atoms with Gasteiger partial charge in [-0.25, -0.2) is 0 Å². The molecule has 0 atom stereocenters. The molecule has 0 saturated heterocycles. The number of aldehydes is 1. The molecule has 1 saturated carbocycles. The second-order valence-corrected chi connectivity index (χ2v) is 7.42. The van der Waals surface area contributed by atoms with Gasteiger partial charge in [-0.1, -0.05) is 38.7 Å². The van der Waals surface area contributed by atoms with Crippen molar-refractivity contribution in [2.24, 2.45) is 13.0 Å². The van der Waals surface area contributed by atoms with E-state index in [9.17, 15) is 4.79 Å². The van der Waals surface area contributed by atoms with E-state index < -0.39 is 0 Å². The van der Waals surface area contributed by atoms with Crippen molar-refractivity contribution in [3.05, 3.63) is 53.7 Å². The Bertz CT molecular complexity index is 905. The smallest absolute Gasteiger partial charge is 0.157 e. The number of phenolic OH excluding ortho intramolecular Hbond substituents is 2. The lowest BCUT2D eigenvalue weighted by Gasteiger charge is -1.97. The van der Waals surface area contributed by atoms with Crippen molar-refractivity contribution >= 4 is 22.9 Å². The quantitative estimate of drug-likeness (QED) is 0.400. The molecule has 1 aromatic heterocycles. The number of nitrogen functional groups attached to an aromatic ring is 1. The predicted octanol–water partition coefficient (Wildman–Crippen LogP) is 5.18. The van der Waals surface area contributed by atoms with E-state index in [4.69, 9.17) is 15.9 Å². The molecule has 0 spiro atoms. The van der Waals surface area contributed by atoms with Gasteiger partial charge in [0.25, 0.3) is 0 Å². The summed E-state index contributed by atoms with van der Waals surface area (Å²) in [5.41, 5.74) is 8.97. The Kier molecular flexibility index (Phi) is 7.50. The fourth-order valence-electron chi connectivity index (χ4n) is 3.40. The highest BCUT2D eigenvalue weighted by Crippen LogP contribution is 2.24. The fourth-order valence-corrected chi connectivity index (χ4v) is 3.40. The topological polar surface area (TPSA) is 88.5 Å². The van der Waals surface area contributed by atoms with Gasteiger partial charge < -0.3 is 20.5 Å². The van der Waals surface area contributed by atoms with Crippen LogP contribution in [0.25, 0.3) is 10.9 Å². The zero-order valence-electron chi connectivity index (χ0n) is 16.9. The van der Waals surface area contributed by atoms with Crippen LogP contribution in [-0.4, -0.2) is 21.1 Å². The van der Waals surface area contributed by atoms with E-state index in [-0.39, 0.29) is 17.1 Å². The molecule has 5 heteroatoms. The molecule has 1 fully saturated rings. The van der Waals surface area contributed by atoms with Crippen molar-refractivity contribution in [2.75, 3.05) is 5.73 Å². The molecule has 4 N–H and O–H groups in total. The minimum Gasteiger partial charge on any atom is -0.507 e. The summed E-state index contributed by atoms with van der Waals surface area (Å²) >= 11 is 0. The number of phenols is 2. The van der Waals surface area contributed by atoms with E-state index in [1.54, 1.807) is 0 Å². The Labute approximate surface area is 166 Å². The summed E-state index contributed by atoms with van der Waals surface area (Å²) in [5.74, 6) is 0.648. The van der Waals surface area contributed by atoms with Crippen molar-refractivity contribution in [2.45, 2.75) is 39.5 Å². The van der Waals surface area contributed by atoms with E-state index >= 15 is 0 Å². The van der Waals surface area contributed by atoms with Crippen LogP contribution in [0.4, 0.5) is 5.69 Å². The fraction of sp³-hybridized carbons (Fsp3) is 0.348. The van der Waals surface area contributed by atoms with Crippen molar-refractivity contribution in [1.29, 1.82) is 0 Å². The van der Waals surface area contributed by atoms with Gasteiger partial charge >= 0.3 is 0 Å². The maximum atomic E-state index is 10.1. The molecule has 2 aromatic carbocycles. The first-order chi connectivity index (χ1) is 13.3. The average molecular weight is 383 g/mol. The Morgan fingerprint density at radius 2 is 1.71 bits per heavy atom. The summed E-state index contributed by atoms with van der Waals surface area (Å²) in [7, 11) is 2.05. The van der Waals surface area contributed by atoms with Gasteiger partial charge in [-0.15, -0.1) is 0 Å². The largest absolute Gasteiger partial charge is 0.507 e. The van der Waals surface area contributed by atoms with Crippen LogP contribution in [0.5, 0.6) is 11.5 Å². The zero-order valence-corrected chi connectivity index (χ0v) is 16.9. The molecule has 3 aromatic rings. The van der Waals surface area contributed by atoms with Gasteiger partial charge in [-0.05, 0) is 48.7 Å². The number of hydrogen-bond acceptors (Lipinski definition) is 4. The maximum Gasteiger partial charge on any atom is 0.157 e. The average Bonchev–Trinajstić information content (AvgIpc) is 3.23. The van der Waals surface area contributed by atoms with Crippen LogP contribution in [0.2, 0.25) is 0 Å². The number of fused-ring (bicyclic) bond motifs is 1. The van der Waals surface area contributed by atoms with E-state index in [2.05, 4.69) is 30.7 Å². The molecule has 0 bridgehead atoms. The first kappa shape index (κ1) is 21.4. The maximum absolute atomic E-state index is 10.1. The number of aromatic hydroxyl groups is 2. The summed E-state index contributed by atoms with van der Waals surface area (Å²) in [6.45, 7) is 4.44. The molecular weight excluding hydrogens is 352 g/mol. The molecule has 28 heavy (non-hydrogen) atoms. The molecule has 0 amide bonds. The minimum atomic E-state index is -0.199. The summed E-state index contributed by atoms with van der Waals surface area (Å²) in [4.78, 5) is 10.1. The van der Waals surface area contributed by atoms with Crippen LogP contribution in [0, 0.1) is 12.8 Å². The second kappa shape index (κ2) is 9.83. The number of carbonyl (C=O) groups is 1. The zero-order chi connectivity index (χ0) is 20.7. The summed E-state index contributed by atoms with van der Waals surface area (Å²) in [5, 5.41) is 19.0. The summed E-state index contributed by atoms with van der Waals surface area (Å²) in [6.07, 6.45) is 8.47. The molecular formula is C23H30N2O3. The summed E-state index contributed by atoms with van der Waals surface area (Å²) < 4.78 is 2.12. The molecule has 0 aliphatic heterocycles. The predicted molar refractivity (Wildman–Crippen MR) is 115 cm³/mol. The van der Waals surface area contributed by atoms with Gasteiger partial charge in [0.1, 0.15) is 11.5 Å². The van der Waals surface area contributed by atoms with Crippen molar-refractivity contribution in [3.8, 4) is 11.5 Å². The highest BCUT2D eigenvalue weighted by atomic mass is 16.3. The number of aromatic nitrogens is 1. The third kappa shape index (κ3) is 5.52. The third-order valence-corrected chi connectivity index (χ3v) is 5.03. The second-order valence-electron chi connectivity index (χ2n) is 7.42. The van der Waals surface area contributed by atoms with Crippen LogP contribution in [0.1, 0.15) is 48.5 Å². The summed E-state index contributed by atoms with van der Waals surface area (Å²) in [6, 6.07) is 10.1. The lowest BCUT2D eigenvalue weighted by molar-refractivity contribution is 0.111. The molecule has 1 aliphatic rings. The van der Waals surface area contributed by atoms with Crippen LogP contribution >= 0.6 is 0 Å². The molecule has 0 unspecified atom stereocenters. The Balaban J connectivity index is 0.000000159. The first-order valence-electron chi connectivity index (χ1n) is 9.60. The van der Waals surface area contributed by atoms with Crippen LogP contribution < -0.4 is 5.73 Å². The number of nitrogens with two attached hydrogens (primary N) is 1. The van der Waals surface area contributed by atoms with E-state index in [0.717, 1.165) is 11.6 Å². The monoisotopic (exact) mass is 382 g/mol. The van der Waals surface area contributed by atoms with Gasteiger partial charge in [-0.2, -0.15) is 0 Å². The van der Waals surface area contributed by atoms with Crippen LogP contribution in [0.15, 0.2) is 42.6 Å². The van der Waals surface area contributed by atoms with E-state index in [1.165, 1.54) is 60.3 Å². The number of carbonyl (C=O) groups excluding carboxylic acids is 1. The molecule has 1 aliphatic carbocycles. The number of aryl methyl sites for hydroxylation is 2. The molecule has 4 rings (SSSR count). The molecule has 150 valence electrons. The number of nitrogens with zero attached hydrogens (tertiary/aromatic N) is 1. The normalized spacial score (nSPS) is 13.4. The van der Waals surface area contributed by atoms with Crippen molar-refractivity contribution in [3.63, 3.8) is 0 Å². The first-order valence-corrected chi connectivity index (χ1v) is 9.60. The lowest BCUT2D eigenvalue weighted by atomic mass is 10.2. The highest BCUT2D eigenvalue weighted by molar-refractivity contribution is 5.86. The highest BCUT2D eigenvalue weighted by Gasteiger charge is 2.07.